The van der Waals surface area contributed by atoms with Crippen LogP contribution >= 0.6 is 0 Å². The molecule has 11 aromatic rings. The highest BCUT2D eigenvalue weighted by Crippen LogP contribution is 2.47. The zero-order valence-corrected chi connectivity index (χ0v) is 27.1. The van der Waals surface area contributed by atoms with E-state index >= 15 is 0 Å². The Labute approximate surface area is 305 Å². The Bertz CT molecular complexity index is 3580. The van der Waals surface area contributed by atoms with Crippen molar-refractivity contribution < 1.29 is 15.4 Å². The Hall–Kier alpha value is -6.70. The maximum atomic E-state index is 9.53. The summed E-state index contributed by atoms with van der Waals surface area (Å²) in [5.74, 6) is 0. The second-order valence-electron chi connectivity index (χ2n) is 13.0. The molecule has 0 amide bonds. The summed E-state index contributed by atoms with van der Waals surface area (Å²) in [5.41, 5.74) is 4.61. The molecule has 0 spiro atoms. The van der Waals surface area contributed by atoms with Crippen LogP contribution in [0.4, 0.5) is 0 Å². The van der Waals surface area contributed by atoms with E-state index < -0.39 is 24.2 Å². The molecule has 1 aromatic heterocycles. The highest BCUT2D eigenvalue weighted by molar-refractivity contribution is 6.26. The van der Waals surface area contributed by atoms with E-state index in [9.17, 15) is 5.48 Å². The Kier molecular flexibility index (Phi) is 4.57. The molecule has 0 unspecified atom stereocenters. The summed E-state index contributed by atoms with van der Waals surface area (Å²) in [5, 5.41) is 8.50. The predicted octanol–water partition coefficient (Wildman–Crippen LogP) is 14.4. The topological polar surface area (TPSA) is 13.1 Å². The number of hydrogen-bond donors (Lipinski definition) is 0. The van der Waals surface area contributed by atoms with E-state index in [2.05, 4.69) is 36.4 Å². The summed E-state index contributed by atoms with van der Waals surface area (Å²) in [6.07, 6.45) is 0. The normalized spacial score (nSPS) is 14.1. The van der Waals surface area contributed by atoms with Gasteiger partial charge in [0.15, 0.2) is 0 Å². The first-order valence-electron chi connectivity index (χ1n) is 20.9. The van der Waals surface area contributed by atoms with E-state index in [-0.39, 0.29) is 51.3 Å². The van der Waals surface area contributed by atoms with Crippen LogP contribution in [0.5, 0.6) is 0 Å². The van der Waals surface area contributed by atoms with Crippen LogP contribution in [-0.4, -0.2) is 0 Å². The first-order chi connectivity index (χ1) is 28.6. The van der Waals surface area contributed by atoms with E-state index in [1.54, 1.807) is 6.07 Å². The number of furan rings is 1. The van der Waals surface area contributed by atoms with Gasteiger partial charge in [-0.2, -0.15) is 0 Å². The lowest BCUT2D eigenvalue weighted by Gasteiger charge is -2.18. The maximum absolute atomic E-state index is 9.53. The minimum atomic E-state index is -0.442. The van der Waals surface area contributed by atoms with Crippen molar-refractivity contribution >= 4 is 75.8 Å². The number of rotatable bonds is 3. The standard InChI is InChI=1S/C50H30O/c1-2-13-35-30-47-45(29-34(35)12-1)50-43(21-10-22-46(50)51-47)49-41-19-7-5-17-39(41)48(40-18-6-8-20-42(40)49)37-15-9-14-33(27-37)36-26-25-32-24-23-31-11-3-4-16-38(31)44(32)28-36/h1-30H/i5D,6D,7D,8D,17D,18D,19D,20D. The fraction of sp³-hybridized carbons (Fsp3) is 0. The van der Waals surface area contributed by atoms with Gasteiger partial charge in [0, 0.05) is 10.8 Å². The van der Waals surface area contributed by atoms with Crippen LogP contribution in [0, 0.1) is 0 Å². The zero-order chi connectivity index (χ0) is 40.4. The summed E-state index contributed by atoms with van der Waals surface area (Å²) >= 11 is 0. The average Bonchev–Trinajstić information content (AvgIpc) is 3.64. The van der Waals surface area contributed by atoms with Gasteiger partial charge in [0.05, 0.1) is 11.0 Å². The van der Waals surface area contributed by atoms with E-state index in [0.29, 0.717) is 33.2 Å². The van der Waals surface area contributed by atoms with E-state index in [1.165, 1.54) is 0 Å². The molecule has 236 valence electrons. The van der Waals surface area contributed by atoms with Gasteiger partial charge in [0.2, 0.25) is 0 Å². The van der Waals surface area contributed by atoms with Crippen LogP contribution in [0.15, 0.2) is 186 Å². The molecule has 0 atom stereocenters. The highest BCUT2D eigenvalue weighted by Gasteiger charge is 2.20. The van der Waals surface area contributed by atoms with Gasteiger partial charge < -0.3 is 4.42 Å². The molecule has 1 heteroatoms. The molecule has 0 aliphatic rings. The molecule has 51 heavy (non-hydrogen) atoms. The van der Waals surface area contributed by atoms with Crippen LogP contribution in [0.3, 0.4) is 0 Å². The third-order valence-corrected chi connectivity index (χ3v) is 10.2. The van der Waals surface area contributed by atoms with Crippen LogP contribution in [0.25, 0.3) is 109 Å². The third-order valence-electron chi connectivity index (χ3n) is 10.2. The lowest BCUT2D eigenvalue weighted by molar-refractivity contribution is 0.669. The second-order valence-corrected chi connectivity index (χ2v) is 13.0. The molecule has 0 saturated heterocycles. The molecule has 10 aromatic carbocycles. The van der Waals surface area contributed by atoms with Crippen molar-refractivity contribution in [2.75, 3.05) is 0 Å². The smallest absolute Gasteiger partial charge is 0.136 e. The largest absolute Gasteiger partial charge is 0.456 e. The van der Waals surface area contributed by atoms with Gasteiger partial charge in [-0.25, -0.2) is 0 Å². The monoisotopic (exact) mass is 654 g/mol. The van der Waals surface area contributed by atoms with Crippen LogP contribution in [0.1, 0.15) is 11.0 Å². The molecular weight excluding hydrogens is 617 g/mol. The van der Waals surface area contributed by atoms with Crippen molar-refractivity contribution in [3.63, 3.8) is 0 Å². The van der Waals surface area contributed by atoms with Gasteiger partial charge in [-0.1, -0.05) is 151 Å². The molecule has 0 fully saturated rings. The maximum Gasteiger partial charge on any atom is 0.136 e. The second kappa shape index (κ2) is 10.9. The predicted molar refractivity (Wildman–Crippen MR) is 218 cm³/mol. The van der Waals surface area contributed by atoms with Gasteiger partial charge in [-0.15, -0.1) is 0 Å². The first kappa shape index (κ1) is 21.4. The molecule has 0 bridgehead atoms. The SMILES string of the molecule is [2H]c1c([2H])c([2H])c2c(-c3cccc4oc5cc6ccccc6cc5c34)c3c([2H])c([2H])c([2H])c([2H])c3c(-c3cccc(-c4ccc5ccc6ccccc6c5c4)c3)c2c1[2H]. The number of fused-ring (bicyclic) bond motifs is 9. The van der Waals surface area contributed by atoms with Crippen LogP contribution in [-0.2, 0) is 0 Å². The fourth-order valence-corrected chi connectivity index (χ4v) is 7.94. The van der Waals surface area contributed by atoms with Crippen LogP contribution in [0.2, 0.25) is 0 Å². The Balaban J connectivity index is 1.29. The minimum absolute atomic E-state index is 0.161. The molecule has 0 aliphatic heterocycles. The number of hydrogen-bond acceptors (Lipinski definition) is 1. The lowest BCUT2D eigenvalue weighted by Crippen LogP contribution is -1.91. The molecule has 1 nitrogen and oxygen atoms in total. The molecule has 0 N–H and O–H groups in total. The lowest BCUT2D eigenvalue weighted by atomic mass is 9.84. The first-order valence-corrected chi connectivity index (χ1v) is 16.9. The van der Waals surface area contributed by atoms with Crippen molar-refractivity contribution in [2.24, 2.45) is 0 Å². The summed E-state index contributed by atoms with van der Waals surface area (Å²) in [7, 11) is 0. The molecule has 1 heterocycles. The molecule has 11 rings (SSSR count). The Morgan fingerprint density at radius 2 is 0.941 bits per heavy atom. The van der Waals surface area contributed by atoms with Gasteiger partial charge in [-0.3, -0.25) is 0 Å². The summed E-state index contributed by atoms with van der Waals surface area (Å²) in [4.78, 5) is 0. The Morgan fingerprint density at radius 1 is 0.353 bits per heavy atom. The Morgan fingerprint density at radius 3 is 1.71 bits per heavy atom. The van der Waals surface area contributed by atoms with Crippen molar-refractivity contribution in [3.8, 4) is 33.4 Å². The minimum Gasteiger partial charge on any atom is -0.456 e. The zero-order valence-electron chi connectivity index (χ0n) is 35.1. The number of benzene rings is 10. The molecule has 0 saturated carbocycles. The quantitative estimate of drug-likeness (QED) is 0.136. The average molecular weight is 655 g/mol. The highest BCUT2D eigenvalue weighted by atomic mass is 16.3. The fourth-order valence-electron chi connectivity index (χ4n) is 7.94. The van der Waals surface area contributed by atoms with Crippen molar-refractivity contribution in [2.45, 2.75) is 0 Å². The summed E-state index contributed by atoms with van der Waals surface area (Å²) < 4.78 is 80.2. The van der Waals surface area contributed by atoms with Gasteiger partial charge in [0.1, 0.15) is 11.2 Å². The van der Waals surface area contributed by atoms with Crippen molar-refractivity contribution in [3.05, 3.63) is 182 Å². The summed E-state index contributed by atoms with van der Waals surface area (Å²) in [6, 6.07) is 40.8. The van der Waals surface area contributed by atoms with Gasteiger partial charge >= 0.3 is 0 Å². The third kappa shape index (κ3) is 4.28. The molecule has 0 radical (unpaired) electrons. The van der Waals surface area contributed by atoms with E-state index in [1.807, 2.05) is 91.0 Å². The summed E-state index contributed by atoms with van der Waals surface area (Å²) in [6.45, 7) is 0. The van der Waals surface area contributed by atoms with Gasteiger partial charge in [0.25, 0.3) is 0 Å². The van der Waals surface area contributed by atoms with E-state index in [0.717, 1.165) is 48.8 Å². The van der Waals surface area contributed by atoms with Gasteiger partial charge in [-0.05, 0) is 118 Å². The molecule has 0 aliphatic carbocycles. The van der Waals surface area contributed by atoms with Crippen molar-refractivity contribution in [1.82, 2.24) is 0 Å². The molecular formula is C50H30O. The van der Waals surface area contributed by atoms with E-state index in [4.69, 9.17) is 9.90 Å². The van der Waals surface area contributed by atoms with Crippen LogP contribution < -0.4 is 0 Å². The van der Waals surface area contributed by atoms with Crippen molar-refractivity contribution in [1.29, 1.82) is 0 Å².